The van der Waals surface area contributed by atoms with Crippen LogP contribution in [-0.2, 0) is 4.79 Å². The summed E-state index contributed by atoms with van der Waals surface area (Å²) in [6.07, 6.45) is 1.54. The standard InChI is InChI=1S/C26H26N2O5S/c1-4-5-13-28-21(17-11-12-19(33-3)18(29)14-17)20(23(31)26(28)32)22(30)24-15(2)27-25(34-24)16-9-7-6-8-10-16/h6-12,14,21,29,31H,4-5,13H2,1-3H3. The van der Waals surface area contributed by atoms with Gasteiger partial charge in [0.25, 0.3) is 5.91 Å². The predicted molar refractivity (Wildman–Crippen MR) is 130 cm³/mol. The largest absolute Gasteiger partial charge is 0.504 e. The molecule has 1 atom stereocenters. The number of hydrogen-bond acceptors (Lipinski definition) is 7. The molecule has 1 aromatic heterocycles. The molecule has 0 saturated carbocycles. The fourth-order valence-electron chi connectivity index (χ4n) is 4.10. The van der Waals surface area contributed by atoms with Gasteiger partial charge in [0.1, 0.15) is 5.01 Å². The third-order valence-corrected chi connectivity index (χ3v) is 7.05. The number of thiazole rings is 1. The number of carbonyl (C=O) groups is 2. The number of aromatic hydroxyl groups is 1. The third-order valence-electron chi connectivity index (χ3n) is 5.84. The lowest BCUT2D eigenvalue weighted by molar-refractivity contribution is -0.129. The van der Waals surface area contributed by atoms with Crippen molar-refractivity contribution < 1.29 is 24.5 Å². The van der Waals surface area contributed by atoms with Crippen molar-refractivity contribution in [3.05, 3.63) is 76.0 Å². The molecule has 2 heterocycles. The number of aryl methyl sites for hydroxylation is 1. The quantitative estimate of drug-likeness (QED) is 0.431. The number of hydrogen-bond donors (Lipinski definition) is 2. The van der Waals surface area contributed by atoms with Gasteiger partial charge in [-0.3, -0.25) is 9.59 Å². The zero-order valence-corrected chi connectivity index (χ0v) is 20.1. The second-order valence-electron chi connectivity index (χ2n) is 8.08. The molecular formula is C26H26N2O5S. The van der Waals surface area contributed by atoms with Gasteiger partial charge in [0, 0.05) is 12.1 Å². The zero-order chi connectivity index (χ0) is 24.4. The molecule has 1 amide bonds. The summed E-state index contributed by atoms with van der Waals surface area (Å²) in [6.45, 7) is 4.11. The van der Waals surface area contributed by atoms with Gasteiger partial charge in [0.15, 0.2) is 17.3 Å². The van der Waals surface area contributed by atoms with Gasteiger partial charge in [0.05, 0.1) is 29.3 Å². The van der Waals surface area contributed by atoms with Crippen molar-refractivity contribution >= 4 is 23.0 Å². The molecule has 0 bridgehead atoms. The van der Waals surface area contributed by atoms with E-state index in [1.807, 2.05) is 37.3 Å². The molecule has 0 saturated heterocycles. The van der Waals surface area contributed by atoms with Gasteiger partial charge < -0.3 is 19.8 Å². The summed E-state index contributed by atoms with van der Waals surface area (Å²) >= 11 is 1.23. The van der Waals surface area contributed by atoms with E-state index in [9.17, 15) is 19.8 Å². The average molecular weight is 479 g/mol. The van der Waals surface area contributed by atoms with E-state index in [2.05, 4.69) is 4.98 Å². The molecule has 34 heavy (non-hydrogen) atoms. The minimum Gasteiger partial charge on any atom is -0.504 e. The Balaban J connectivity index is 1.79. The molecule has 0 aliphatic carbocycles. The van der Waals surface area contributed by atoms with Crippen LogP contribution in [-0.4, -0.2) is 45.4 Å². The van der Waals surface area contributed by atoms with E-state index in [0.717, 1.165) is 12.0 Å². The number of aliphatic hydroxyl groups is 1. The van der Waals surface area contributed by atoms with Gasteiger partial charge in [-0.2, -0.15) is 0 Å². The van der Waals surface area contributed by atoms with Crippen LogP contribution in [0.4, 0.5) is 0 Å². The normalized spacial score (nSPS) is 15.8. The Morgan fingerprint density at radius 2 is 1.91 bits per heavy atom. The number of Topliss-reactive ketones (excluding diaryl/α,β-unsaturated/α-hetero) is 1. The molecule has 1 unspecified atom stereocenters. The van der Waals surface area contributed by atoms with Crippen LogP contribution in [0.1, 0.15) is 46.7 Å². The number of ketones is 1. The Labute approximate surface area is 202 Å². The second kappa shape index (κ2) is 9.69. The van der Waals surface area contributed by atoms with Gasteiger partial charge in [-0.05, 0) is 31.0 Å². The molecule has 0 fully saturated rings. The van der Waals surface area contributed by atoms with E-state index < -0.39 is 23.5 Å². The highest BCUT2D eigenvalue weighted by molar-refractivity contribution is 7.17. The summed E-state index contributed by atoms with van der Waals surface area (Å²) in [5.74, 6) is -1.43. The molecule has 8 heteroatoms. The highest BCUT2D eigenvalue weighted by Crippen LogP contribution is 2.43. The SMILES string of the molecule is CCCCN1C(=O)C(O)=C(C(=O)c2sc(-c3ccccc3)nc2C)C1c1ccc(OC)c(O)c1. The number of carbonyl (C=O) groups excluding carboxylic acids is 2. The first kappa shape index (κ1) is 23.5. The predicted octanol–water partition coefficient (Wildman–Crippen LogP) is 5.21. The number of rotatable bonds is 8. The molecule has 0 spiro atoms. The van der Waals surface area contributed by atoms with Crippen molar-refractivity contribution in [3.8, 4) is 22.1 Å². The summed E-state index contributed by atoms with van der Waals surface area (Å²) in [4.78, 5) is 33.2. The number of ether oxygens (including phenoxy) is 1. The van der Waals surface area contributed by atoms with E-state index in [-0.39, 0.29) is 17.1 Å². The maximum atomic E-state index is 13.8. The van der Waals surface area contributed by atoms with Crippen LogP contribution in [0.5, 0.6) is 11.5 Å². The van der Waals surface area contributed by atoms with E-state index in [1.54, 1.807) is 19.1 Å². The van der Waals surface area contributed by atoms with Crippen molar-refractivity contribution in [2.45, 2.75) is 32.7 Å². The first-order valence-corrected chi connectivity index (χ1v) is 11.9. The average Bonchev–Trinajstić information content (AvgIpc) is 3.35. The number of methoxy groups -OCH3 is 1. The number of phenolic OH excluding ortho intramolecular Hbond substituents is 1. The molecule has 176 valence electrons. The van der Waals surface area contributed by atoms with Crippen LogP contribution in [0.25, 0.3) is 10.6 Å². The van der Waals surface area contributed by atoms with Crippen LogP contribution < -0.4 is 4.74 Å². The topological polar surface area (TPSA) is 100.0 Å². The number of aliphatic hydroxyl groups excluding tert-OH is 1. The number of nitrogens with zero attached hydrogens (tertiary/aromatic N) is 2. The Hall–Kier alpha value is -3.65. The smallest absolute Gasteiger partial charge is 0.290 e. The monoisotopic (exact) mass is 478 g/mol. The van der Waals surface area contributed by atoms with Crippen molar-refractivity contribution in [2.24, 2.45) is 0 Å². The summed E-state index contributed by atoms with van der Waals surface area (Å²) < 4.78 is 5.14. The molecule has 7 nitrogen and oxygen atoms in total. The van der Waals surface area contributed by atoms with Gasteiger partial charge in [0.2, 0.25) is 5.78 Å². The zero-order valence-electron chi connectivity index (χ0n) is 19.2. The molecule has 2 N–H and O–H groups in total. The van der Waals surface area contributed by atoms with Crippen LogP contribution in [0.2, 0.25) is 0 Å². The van der Waals surface area contributed by atoms with Gasteiger partial charge in [-0.25, -0.2) is 4.98 Å². The summed E-state index contributed by atoms with van der Waals surface area (Å²) in [5.41, 5.74) is 1.93. The minimum absolute atomic E-state index is 0.00275. The second-order valence-corrected chi connectivity index (χ2v) is 9.08. The molecule has 2 aromatic carbocycles. The van der Waals surface area contributed by atoms with E-state index in [0.29, 0.717) is 34.1 Å². The van der Waals surface area contributed by atoms with Crippen LogP contribution in [0.15, 0.2) is 59.9 Å². The Kier molecular flexibility index (Phi) is 6.70. The molecule has 1 aliphatic rings. The van der Waals surface area contributed by atoms with Crippen LogP contribution in [0.3, 0.4) is 0 Å². The summed E-state index contributed by atoms with van der Waals surface area (Å²) in [5, 5.41) is 21.9. The Morgan fingerprint density at radius 1 is 1.18 bits per heavy atom. The Morgan fingerprint density at radius 3 is 2.56 bits per heavy atom. The van der Waals surface area contributed by atoms with Crippen molar-refractivity contribution in [1.29, 1.82) is 0 Å². The third kappa shape index (κ3) is 4.17. The van der Waals surface area contributed by atoms with Crippen molar-refractivity contribution in [3.63, 3.8) is 0 Å². The Bertz CT molecular complexity index is 1270. The lowest BCUT2D eigenvalue weighted by Gasteiger charge is -2.27. The fraction of sp³-hybridized carbons (Fsp3) is 0.269. The lowest BCUT2D eigenvalue weighted by Crippen LogP contribution is -2.32. The molecule has 0 radical (unpaired) electrons. The number of benzene rings is 2. The first-order chi connectivity index (χ1) is 16.4. The molecule has 4 rings (SSSR count). The summed E-state index contributed by atoms with van der Waals surface area (Å²) in [7, 11) is 1.44. The van der Waals surface area contributed by atoms with Crippen LogP contribution >= 0.6 is 11.3 Å². The van der Waals surface area contributed by atoms with Crippen LogP contribution in [0, 0.1) is 6.92 Å². The highest BCUT2D eigenvalue weighted by Gasteiger charge is 2.44. The lowest BCUT2D eigenvalue weighted by atomic mass is 9.94. The highest BCUT2D eigenvalue weighted by atomic mass is 32.1. The maximum Gasteiger partial charge on any atom is 0.290 e. The fourth-order valence-corrected chi connectivity index (χ4v) is 5.13. The molecular weight excluding hydrogens is 452 g/mol. The number of unbranched alkanes of at least 4 members (excludes halogenated alkanes) is 1. The maximum absolute atomic E-state index is 13.8. The van der Waals surface area contributed by atoms with E-state index in [4.69, 9.17) is 4.74 Å². The van der Waals surface area contributed by atoms with E-state index in [1.165, 1.54) is 29.4 Å². The summed E-state index contributed by atoms with van der Waals surface area (Å²) in [6, 6.07) is 13.4. The van der Waals surface area contributed by atoms with Gasteiger partial charge in [-0.15, -0.1) is 11.3 Å². The van der Waals surface area contributed by atoms with Gasteiger partial charge in [-0.1, -0.05) is 49.7 Å². The van der Waals surface area contributed by atoms with E-state index >= 15 is 0 Å². The number of phenols is 1. The van der Waals surface area contributed by atoms with Crippen molar-refractivity contribution in [2.75, 3.05) is 13.7 Å². The first-order valence-electron chi connectivity index (χ1n) is 11.1. The minimum atomic E-state index is -0.829. The van der Waals surface area contributed by atoms with Crippen molar-refractivity contribution in [1.82, 2.24) is 9.88 Å². The number of amides is 1. The van der Waals surface area contributed by atoms with Gasteiger partial charge >= 0.3 is 0 Å². The molecule has 3 aromatic rings. The number of aromatic nitrogens is 1. The molecule has 1 aliphatic heterocycles.